The molecule has 2 aromatic carbocycles. The molecule has 0 saturated carbocycles. The number of hydrogen-bond donors (Lipinski definition) is 0. The van der Waals surface area contributed by atoms with Gasteiger partial charge in [-0.1, -0.05) is 12.1 Å². The summed E-state index contributed by atoms with van der Waals surface area (Å²) in [6.07, 6.45) is 0. The van der Waals surface area contributed by atoms with Gasteiger partial charge in [-0.2, -0.15) is 0 Å². The van der Waals surface area contributed by atoms with Crippen molar-refractivity contribution in [2.45, 2.75) is 9.79 Å². The van der Waals surface area contributed by atoms with E-state index in [0.29, 0.717) is 10.8 Å². The van der Waals surface area contributed by atoms with Gasteiger partial charge in [0.15, 0.2) is 0 Å². The third kappa shape index (κ3) is 4.77. The van der Waals surface area contributed by atoms with E-state index in [9.17, 15) is 25.9 Å². The first-order valence-corrected chi connectivity index (χ1v) is 7.45. The Labute approximate surface area is 160 Å². The molecule has 2 aromatic rings. The smallest absolute Gasteiger partial charge is 0.744 e. The average Bonchev–Trinajstić information content (AvgIpc) is 2.25. The Balaban J connectivity index is 0.00000180. The van der Waals surface area contributed by atoms with Crippen molar-refractivity contribution < 1.29 is 85.1 Å². The van der Waals surface area contributed by atoms with Crippen molar-refractivity contribution in [3.05, 3.63) is 36.4 Å². The number of hydrogen-bond acceptors (Lipinski definition) is 6. The predicted molar refractivity (Wildman–Crippen MR) is 59.9 cm³/mol. The first kappa shape index (κ1) is 20.5. The van der Waals surface area contributed by atoms with Gasteiger partial charge >= 0.3 is 59.1 Å². The standard InChI is InChI=1S/C10H8O6S2.2Na/c11-17(12,13)9-3-1-7-5-10(18(14,15)16)4-2-8(7)6-9;;/h1-6H,(H,11,12,13)(H,14,15,16);;/q;2*+1/p-2. The van der Waals surface area contributed by atoms with Crippen LogP contribution in [0.1, 0.15) is 0 Å². The molecular weight excluding hydrogens is 326 g/mol. The van der Waals surface area contributed by atoms with Crippen molar-refractivity contribution in [2.24, 2.45) is 0 Å². The molecule has 0 N–H and O–H groups in total. The van der Waals surface area contributed by atoms with Crippen LogP contribution in [0, 0.1) is 0 Å². The van der Waals surface area contributed by atoms with Crippen molar-refractivity contribution in [3.63, 3.8) is 0 Å². The van der Waals surface area contributed by atoms with Gasteiger partial charge in [-0.3, -0.25) is 0 Å². The molecule has 0 aromatic heterocycles. The van der Waals surface area contributed by atoms with Crippen molar-refractivity contribution in [1.82, 2.24) is 0 Å². The maximum Gasteiger partial charge on any atom is 1.00 e. The predicted octanol–water partition coefficient (Wildman–Crippen LogP) is -5.34. The van der Waals surface area contributed by atoms with E-state index in [1.807, 2.05) is 0 Å². The van der Waals surface area contributed by atoms with E-state index in [1.165, 1.54) is 12.1 Å². The minimum atomic E-state index is -4.56. The molecule has 96 valence electrons. The van der Waals surface area contributed by atoms with Crippen LogP contribution in [0.15, 0.2) is 46.2 Å². The molecule has 0 amide bonds. The van der Waals surface area contributed by atoms with Crippen molar-refractivity contribution in [3.8, 4) is 0 Å². The molecule has 10 heteroatoms. The monoisotopic (exact) mass is 332 g/mol. The van der Waals surface area contributed by atoms with Gasteiger partial charge in [-0.15, -0.1) is 0 Å². The Kier molecular flexibility index (Phi) is 7.37. The molecule has 0 radical (unpaired) electrons. The molecule has 20 heavy (non-hydrogen) atoms. The van der Waals surface area contributed by atoms with E-state index >= 15 is 0 Å². The fraction of sp³-hybridized carbons (Fsp3) is 0. The van der Waals surface area contributed by atoms with Gasteiger partial charge in [-0.05, 0) is 35.0 Å². The largest absolute Gasteiger partial charge is 1.00 e. The molecular formula is C10H6Na2O6S2. The van der Waals surface area contributed by atoms with Crippen LogP contribution in [0.3, 0.4) is 0 Å². The zero-order chi connectivity index (χ0) is 13.6. The molecule has 0 aliphatic heterocycles. The van der Waals surface area contributed by atoms with Crippen molar-refractivity contribution in [2.75, 3.05) is 0 Å². The Bertz CT molecular complexity index is 759. The summed E-state index contributed by atoms with van der Waals surface area (Å²) in [5.41, 5.74) is 0. The van der Waals surface area contributed by atoms with Gasteiger partial charge in [0.25, 0.3) is 0 Å². The van der Waals surface area contributed by atoms with Crippen LogP contribution in [0.4, 0.5) is 0 Å². The molecule has 2 rings (SSSR count). The summed E-state index contributed by atoms with van der Waals surface area (Å²) in [5, 5.41) is 0.721. The van der Waals surface area contributed by atoms with Gasteiger partial charge in [0.05, 0.1) is 9.79 Å². The molecule has 0 spiro atoms. The van der Waals surface area contributed by atoms with Gasteiger partial charge in [0.1, 0.15) is 20.2 Å². The first-order valence-electron chi connectivity index (χ1n) is 4.63. The SMILES string of the molecule is O=S(=O)([O-])c1ccc2cc(S(=O)(=O)[O-])ccc2c1.[Na+].[Na+]. The van der Waals surface area contributed by atoms with E-state index < -0.39 is 30.0 Å². The van der Waals surface area contributed by atoms with E-state index in [-0.39, 0.29) is 59.1 Å². The van der Waals surface area contributed by atoms with Crippen LogP contribution in [0.5, 0.6) is 0 Å². The zero-order valence-corrected chi connectivity index (χ0v) is 16.4. The van der Waals surface area contributed by atoms with Crippen molar-refractivity contribution >= 4 is 31.0 Å². The molecule has 6 nitrogen and oxygen atoms in total. The van der Waals surface area contributed by atoms with Crippen LogP contribution in [-0.2, 0) is 20.2 Å². The quantitative estimate of drug-likeness (QED) is 0.401. The molecule has 0 saturated heterocycles. The van der Waals surface area contributed by atoms with Gasteiger partial charge in [0, 0.05) is 0 Å². The summed E-state index contributed by atoms with van der Waals surface area (Å²) < 4.78 is 64.8. The summed E-state index contributed by atoms with van der Waals surface area (Å²) in [6, 6.07) is 6.92. The van der Waals surface area contributed by atoms with Crippen molar-refractivity contribution in [1.29, 1.82) is 0 Å². The summed E-state index contributed by atoms with van der Waals surface area (Å²) in [4.78, 5) is -0.819. The second-order valence-corrected chi connectivity index (χ2v) is 6.34. The Hall–Kier alpha value is 0.520. The summed E-state index contributed by atoms with van der Waals surface area (Å²) in [5.74, 6) is 0. The average molecular weight is 332 g/mol. The number of benzene rings is 2. The second-order valence-electron chi connectivity index (χ2n) is 3.58. The topological polar surface area (TPSA) is 114 Å². The van der Waals surface area contributed by atoms with Crippen LogP contribution in [0.25, 0.3) is 10.8 Å². The zero-order valence-electron chi connectivity index (χ0n) is 10.7. The maximum atomic E-state index is 10.8. The summed E-state index contributed by atoms with van der Waals surface area (Å²) in [6.45, 7) is 0. The Morgan fingerprint density at radius 1 is 0.650 bits per heavy atom. The second kappa shape index (κ2) is 7.19. The van der Waals surface area contributed by atoms with E-state index in [1.54, 1.807) is 0 Å². The normalized spacial score (nSPS) is 11.5. The molecule has 0 atom stereocenters. The Morgan fingerprint density at radius 3 is 1.20 bits per heavy atom. The van der Waals surface area contributed by atoms with Crippen LogP contribution in [-0.4, -0.2) is 25.9 Å². The van der Waals surface area contributed by atoms with Gasteiger partial charge in [0.2, 0.25) is 0 Å². The summed E-state index contributed by atoms with van der Waals surface area (Å²) in [7, 11) is -9.13. The molecule has 0 fully saturated rings. The van der Waals surface area contributed by atoms with Gasteiger partial charge < -0.3 is 9.11 Å². The van der Waals surface area contributed by atoms with Gasteiger partial charge in [-0.25, -0.2) is 16.8 Å². The van der Waals surface area contributed by atoms with Crippen LogP contribution >= 0.6 is 0 Å². The molecule has 0 heterocycles. The number of fused-ring (bicyclic) bond motifs is 1. The molecule has 0 bridgehead atoms. The first-order chi connectivity index (χ1) is 8.18. The maximum absolute atomic E-state index is 10.8. The molecule has 0 aliphatic rings. The fourth-order valence-electron chi connectivity index (χ4n) is 1.51. The van der Waals surface area contributed by atoms with E-state index in [2.05, 4.69) is 0 Å². The summed E-state index contributed by atoms with van der Waals surface area (Å²) >= 11 is 0. The van der Waals surface area contributed by atoms with E-state index in [0.717, 1.165) is 24.3 Å². The minimum Gasteiger partial charge on any atom is -0.744 e. The Morgan fingerprint density at radius 2 is 0.950 bits per heavy atom. The third-order valence-corrected chi connectivity index (χ3v) is 4.02. The van der Waals surface area contributed by atoms with E-state index in [4.69, 9.17) is 0 Å². The fourth-order valence-corrected chi connectivity index (χ4v) is 2.52. The van der Waals surface area contributed by atoms with Crippen LogP contribution < -0.4 is 59.1 Å². The molecule has 0 aliphatic carbocycles. The minimum absolute atomic E-state index is 0. The molecule has 0 unspecified atom stereocenters. The number of rotatable bonds is 2. The van der Waals surface area contributed by atoms with Crippen LogP contribution in [0.2, 0.25) is 0 Å². The third-order valence-electron chi connectivity index (χ3n) is 2.36.